The van der Waals surface area contributed by atoms with Gasteiger partial charge in [-0.3, -0.25) is 0 Å². The molecule has 0 unspecified atom stereocenters. The number of benzene rings is 2. The molecule has 2 aromatic rings. The molecule has 2 N–H and O–H groups in total. The second-order valence-corrected chi connectivity index (χ2v) is 4.14. The van der Waals surface area contributed by atoms with Crippen molar-refractivity contribution in [3.05, 3.63) is 47.5 Å². The number of rotatable bonds is 2. The molecule has 92 valence electrons. The van der Waals surface area contributed by atoms with Gasteiger partial charge in [0.2, 0.25) is 0 Å². The zero-order chi connectivity index (χ0) is 13.1. The predicted molar refractivity (Wildman–Crippen MR) is 69.9 cm³/mol. The fourth-order valence-electron chi connectivity index (χ4n) is 1.52. The minimum absolute atomic E-state index is 0.245. The van der Waals surface area contributed by atoms with Gasteiger partial charge in [0.25, 0.3) is 0 Å². The van der Waals surface area contributed by atoms with Gasteiger partial charge in [0.1, 0.15) is 11.5 Å². The summed E-state index contributed by atoms with van der Waals surface area (Å²) >= 11 is 0. The number of aryl methyl sites for hydroxylation is 2. The van der Waals surface area contributed by atoms with Crippen molar-refractivity contribution >= 4 is 11.4 Å². The van der Waals surface area contributed by atoms with E-state index in [1.807, 2.05) is 0 Å². The summed E-state index contributed by atoms with van der Waals surface area (Å²) in [6.07, 6.45) is 0. The topological polar surface area (TPSA) is 65.2 Å². The zero-order valence-corrected chi connectivity index (χ0v) is 10.3. The van der Waals surface area contributed by atoms with Crippen LogP contribution in [-0.4, -0.2) is 10.2 Å². The Morgan fingerprint density at radius 3 is 1.44 bits per heavy atom. The second-order valence-electron chi connectivity index (χ2n) is 4.14. The van der Waals surface area contributed by atoms with E-state index in [1.54, 1.807) is 50.2 Å². The average Bonchev–Trinajstić information content (AvgIpc) is 2.35. The Bertz CT molecular complexity index is 553. The molecular weight excluding hydrogens is 228 g/mol. The minimum atomic E-state index is 0.245. The van der Waals surface area contributed by atoms with Crippen molar-refractivity contribution in [2.24, 2.45) is 10.2 Å². The van der Waals surface area contributed by atoms with E-state index in [0.717, 1.165) is 11.1 Å². The van der Waals surface area contributed by atoms with Gasteiger partial charge in [-0.2, -0.15) is 10.2 Å². The molecular formula is C14H14N2O2. The first-order valence-electron chi connectivity index (χ1n) is 5.57. The molecule has 4 heteroatoms. The molecule has 2 rings (SSSR count). The summed E-state index contributed by atoms with van der Waals surface area (Å²) in [7, 11) is 0. The normalized spacial score (nSPS) is 11.0. The van der Waals surface area contributed by atoms with Gasteiger partial charge in [-0.15, -0.1) is 0 Å². The largest absolute Gasteiger partial charge is 0.508 e. The Morgan fingerprint density at radius 1 is 0.722 bits per heavy atom. The van der Waals surface area contributed by atoms with Crippen LogP contribution < -0.4 is 0 Å². The Hall–Kier alpha value is -2.36. The van der Waals surface area contributed by atoms with E-state index in [1.165, 1.54) is 0 Å². The summed E-state index contributed by atoms with van der Waals surface area (Å²) in [5, 5.41) is 27.0. The highest BCUT2D eigenvalue weighted by molar-refractivity contribution is 5.48. The first-order chi connectivity index (χ1) is 8.56. The number of phenols is 2. The van der Waals surface area contributed by atoms with Crippen LogP contribution in [0.3, 0.4) is 0 Å². The second kappa shape index (κ2) is 4.87. The highest BCUT2D eigenvalue weighted by atomic mass is 16.3. The number of hydrogen-bond acceptors (Lipinski definition) is 4. The maximum absolute atomic E-state index is 9.40. The molecule has 2 aromatic carbocycles. The first-order valence-corrected chi connectivity index (χ1v) is 5.57. The Balaban J connectivity index is 2.24. The van der Waals surface area contributed by atoms with Gasteiger partial charge in [0, 0.05) is 0 Å². The van der Waals surface area contributed by atoms with Crippen LogP contribution in [0.1, 0.15) is 11.1 Å². The first kappa shape index (κ1) is 12.1. The standard InChI is InChI=1S/C14H14N2O2/c1-9-7-11(3-5-13(9)17)15-16-12-4-6-14(18)10(2)8-12/h3-8,17-18H,1-2H3/b16-15+. The van der Waals surface area contributed by atoms with E-state index < -0.39 is 0 Å². The number of hydrogen-bond donors (Lipinski definition) is 2. The third-order valence-electron chi connectivity index (χ3n) is 2.64. The lowest BCUT2D eigenvalue weighted by Gasteiger charge is -2.00. The molecule has 18 heavy (non-hydrogen) atoms. The van der Waals surface area contributed by atoms with Crippen LogP contribution in [0, 0.1) is 13.8 Å². The van der Waals surface area contributed by atoms with Gasteiger partial charge < -0.3 is 10.2 Å². The van der Waals surface area contributed by atoms with Gasteiger partial charge in [-0.25, -0.2) is 0 Å². The third kappa shape index (κ3) is 2.66. The zero-order valence-electron chi connectivity index (χ0n) is 10.3. The highest BCUT2D eigenvalue weighted by Crippen LogP contribution is 2.26. The predicted octanol–water partition coefficient (Wildman–Crippen LogP) is 4.13. The van der Waals surface area contributed by atoms with Crippen molar-refractivity contribution < 1.29 is 10.2 Å². The van der Waals surface area contributed by atoms with Gasteiger partial charge in [-0.1, -0.05) is 0 Å². The molecule has 0 radical (unpaired) electrons. The summed E-state index contributed by atoms with van der Waals surface area (Å²) in [5.74, 6) is 0.490. The van der Waals surface area contributed by atoms with Crippen molar-refractivity contribution in [3.63, 3.8) is 0 Å². The number of azo groups is 1. The lowest BCUT2D eigenvalue weighted by molar-refractivity contribution is 0.470. The summed E-state index contributed by atoms with van der Waals surface area (Å²) in [6, 6.07) is 10.1. The van der Waals surface area contributed by atoms with Crippen LogP contribution in [0.5, 0.6) is 11.5 Å². The molecule has 0 heterocycles. The molecule has 0 atom stereocenters. The van der Waals surface area contributed by atoms with Crippen molar-refractivity contribution in [1.82, 2.24) is 0 Å². The summed E-state index contributed by atoms with van der Waals surface area (Å²) < 4.78 is 0. The van der Waals surface area contributed by atoms with Crippen LogP contribution in [0.25, 0.3) is 0 Å². The van der Waals surface area contributed by atoms with E-state index in [0.29, 0.717) is 11.4 Å². The number of phenolic OH excluding ortho intramolecular Hbond substituents is 2. The minimum Gasteiger partial charge on any atom is -0.508 e. The lowest BCUT2D eigenvalue weighted by Crippen LogP contribution is -1.74. The number of aromatic hydroxyl groups is 2. The van der Waals surface area contributed by atoms with E-state index in [4.69, 9.17) is 0 Å². The molecule has 0 aliphatic heterocycles. The van der Waals surface area contributed by atoms with Crippen LogP contribution in [0.2, 0.25) is 0 Å². The van der Waals surface area contributed by atoms with E-state index in [-0.39, 0.29) is 11.5 Å². The number of nitrogens with zero attached hydrogens (tertiary/aromatic N) is 2. The summed E-state index contributed by atoms with van der Waals surface area (Å²) in [4.78, 5) is 0. The molecule has 0 amide bonds. The maximum Gasteiger partial charge on any atom is 0.118 e. The SMILES string of the molecule is Cc1cc(/N=N/c2ccc(O)c(C)c2)ccc1O. The smallest absolute Gasteiger partial charge is 0.118 e. The molecule has 0 fully saturated rings. The Labute approximate surface area is 105 Å². The van der Waals surface area contributed by atoms with E-state index in [2.05, 4.69) is 10.2 Å². The van der Waals surface area contributed by atoms with Gasteiger partial charge in [0.05, 0.1) is 11.4 Å². The molecule has 0 bridgehead atoms. The highest BCUT2D eigenvalue weighted by Gasteiger charge is 1.98. The fraction of sp³-hybridized carbons (Fsp3) is 0.143. The van der Waals surface area contributed by atoms with Crippen molar-refractivity contribution in [2.75, 3.05) is 0 Å². The molecule has 4 nitrogen and oxygen atoms in total. The average molecular weight is 242 g/mol. The molecule has 0 saturated carbocycles. The monoisotopic (exact) mass is 242 g/mol. The van der Waals surface area contributed by atoms with Crippen LogP contribution in [0.15, 0.2) is 46.6 Å². The molecule has 0 aliphatic carbocycles. The van der Waals surface area contributed by atoms with Crippen LogP contribution >= 0.6 is 0 Å². The van der Waals surface area contributed by atoms with Gasteiger partial charge in [-0.05, 0) is 61.4 Å². The van der Waals surface area contributed by atoms with E-state index in [9.17, 15) is 10.2 Å². The quantitative estimate of drug-likeness (QED) is 0.777. The van der Waals surface area contributed by atoms with Gasteiger partial charge >= 0.3 is 0 Å². The molecule has 0 spiro atoms. The van der Waals surface area contributed by atoms with Gasteiger partial charge in [0.15, 0.2) is 0 Å². The molecule has 0 saturated heterocycles. The Kier molecular flexibility index (Phi) is 3.28. The molecule has 0 aliphatic rings. The third-order valence-corrected chi connectivity index (χ3v) is 2.64. The van der Waals surface area contributed by atoms with Crippen molar-refractivity contribution in [2.45, 2.75) is 13.8 Å². The molecule has 0 aromatic heterocycles. The van der Waals surface area contributed by atoms with Crippen LogP contribution in [-0.2, 0) is 0 Å². The van der Waals surface area contributed by atoms with E-state index >= 15 is 0 Å². The summed E-state index contributed by atoms with van der Waals surface area (Å²) in [6.45, 7) is 3.61. The Morgan fingerprint density at radius 2 is 1.11 bits per heavy atom. The lowest BCUT2D eigenvalue weighted by atomic mass is 10.2. The fourth-order valence-corrected chi connectivity index (χ4v) is 1.52. The van der Waals surface area contributed by atoms with Crippen LogP contribution in [0.4, 0.5) is 11.4 Å². The maximum atomic E-state index is 9.40. The van der Waals surface area contributed by atoms with Crippen molar-refractivity contribution in [3.8, 4) is 11.5 Å². The van der Waals surface area contributed by atoms with Crippen molar-refractivity contribution in [1.29, 1.82) is 0 Å². The summed E-state index contributed by atoms with van der Waals surface area (Å²) in [5.41, 5.74) is 2.87.